The summed E-state index contributed by atoms with van der Waals surface area (Å²) >= 11 is 6.16. The van der Waals surface area contributed by atoms with Gasteiger partial charge in [-0.3, -0.25) is 14.2 Å². The highest BCUT2D eigenvalue weighted by Gasteiger charge is 2.28. The Morgan fingerprint density at radius 3 is 2.70 bits per heavy atom. The van der Waals surface area contributed by atoms with Crippen molar-refractivity contribution in [1.82, 2.24) is 24.9 Å². The zero-order chi connectivity index (χ0) is 20.6. The van der Waals surface area contributed by atoms with Gasteiger partial charge >= 0.3 is 0 Å². The van der Waals surface area contributed by atoms with Crippen LogP contribution < -0.4 is 11.1 Å². The van der Waals surface area contributed by atoms with Crippen molar-refractivity contribution >= 4 is 34.1 Å². The fourth-order valence-corrected chi connectivity index (χ4v) is 3.26. The first-order chi connectivity index (χ1) is 13.8. The number of benzene rings is 1. The number of hydrogen-bond donors (Lipinski definition) is 2. The Balaban J connectivity index is 0.00000256. The van der Waals surface area contributed by atoms with Crippen LogP contribution in [0.3, 0.4) is 0 Å². The van der Waals surface area contributed by atoms with Crippen molar-refractivity contribution in [1.29, 1.82) is 0 Å². The van der Waals surface area contributed by atoms with E-state index < -0.39 is 11.6 Å². The fraction of sp³-hybridized carbons (Fsp3) is 0.273. The summed E-state index contributed by atoms with van der Waals surface area (Å²) in [5, 5.41) is 13.1. The van der Waals surface area contributed by atoms with Crippen molar-refractivity contribution in [3.8, 4) is 0 Å². The Labute approximate surface area is 180 Å². The van der Waals surface area contributed by atoms with E-state index in [-0.39, 0.29) is 13.3 Å². The molecule has 0 bridgehead atoms. The van der Waals surface area contributed by atoms with Gasteiger partial charge in [-0.15, -0.1) is 10.2 Å². The predicted octanol–water partition coefficient (Wildman–Crippen LogP) is 3.70. The zero-order valence-corrected chi connectivity index (χ0v) is 16.9. The average Bonchev–Trinajstić information content (AvgIpc) is 3.09. The summed E-state index contributed by atoms with van der Waals surface area (Å²) in [5.74, 6) is 0.275. The van der Waals surface area contributed by atoms with Gasteiger partial charge in [-0.1, -0.05) is 43.3 Å². The van der Waals surface area contributed by atoms with Gasteiger partial charge in [-0.2, -0.15) is 0 Å². The molecule has 7 nitrogen and oxygen atoms in total. The molecule has 8 heteroatoms. The maximum absolute atomic E-state index is 12.6. The Morgan fingerprint density at radius 2 is 1.93 bits per heavy atom. The summed E-state index contributed by atoms with van der Waals surface area (Å²) in [4.78, 5) is 17.4. The molecule has 3 N–H and O–H groups in total. The number of aromatic nitrogens is 4. The molecule has 1 atom stereocenters. The molecule has 0 aliphatic rings. The number of halogens is 1. The molecule has 30 heavy (non-hydrogen) atoms. The third kappa shape index (κ3) is 4.42. The largest absolute Gasteiger partial charge is 0.344 e. The van der Waals surface area contributed by atoms with Gasteiger partial charge in [-0.05, 0) is 38.1 Å². The summed E-state index contributed by atoms with van der Waals surface area (Å²) in [5.41, 5.74) is 7.31. The van der Waals surface area contributed by atoms with Crippen LogP contribution in [-0.2, 0) is 11.2 Å². The molecule has 1 amide bonds. The van der Waals surface area contributed by atoms with Crippen molar-refractivity contribution < 1.29 is 4.79 Å². The Bertz CT molecular complexity index is 1200. The van der Waals surface area contributed by atoms with E-state index >= 15 is 0 Å². The summed E-state index contributed by atoms with van der Waals surface area (Å²) < 4.78 is 1.78. The van der Waals surface area contributed by atoms with Crippen LogP contribution in [0.15, 0.2) is 54.7 Å². The van der Waals surface area contributed by atoms with Crippen molar-refractivity contribution in [3.05, 3.63) is 71.3 Å². The highest BCUT2D eigenvalue weighted by molar-refractivity contribution is 6.30. The predicted molar refractivity (Wildman–Crippen MR) is 119 cm³/mol. The number of nitrogens with two attached hydrogens (primary N) is 1. The van der Waals surface area contributed by atoms with E-state index in [1.807, 2.05) is 36.4 Å². The number of nitrogens with one attached hydrogen (secondary N) is 1. The molecule has 0 saturated carbocycles. The van der Waals surface area contributed by atoms with Crippen LogP contribution >= 0.6 is 11.6 Å². The number of fused-ring (bicyclic) bond motifs is 2. The van der Waals surface area contributed by atoms with Crippen LogP contribution in [0.25, 0.3) is 16.6 Å². The molecule has 0 saturated heterocycles. The summed E-state index contributed by atoms with van der Waals surface area (Å²) in [6.07, 6.45) is 2.16. The molecular weight excluding hydrogens is 400 g/mol. The number of pyridine rings is 2. The van der Waals surface area contributed by atoms with E-state index in [0.29, 0.717) is 22.9 Å². The van der Waals surface area contributed by atoms with Gasteiger partial charge in [0.2, 0.25) is 5.91 Å². The van der Waals surface area contributed by atoms with E-state index in [1.54, 1.807) is 36.6 Å². The second kappa shape index (κ2) is 8.38. The van der Waals surface area contributed by atoms with Gasteiger partial charge < -0.3 is 11.1 Å². The quantitative estimate of drug-likeness (QED) is 0.509. The molecule has 0 unspecified atom stereocenters. The molecule has 156 valence electrons. The van der Waals surface area contributed by atoms with Gasteiger partial charge in [0.15, 0.2) is 11.5 Å². The van der Waals surface area contributed by atoms with Gasteiger partial charge in [0.1, 0.15) is 0 Å². The molecular formula is C22H25ClN6O. The summed E-state index contributed by atoms with van der Waals surface area (Å²) in [7, 11) is 0. The molecule has 4 rings (SSSR count). The minimum Gasteiger partial charge on any atom is -0.344 e. The van der Waals surface area contributed by atoms with Crippen LogP contribution in [0.1, 0.15) is 38.8 Å². The topological polar surface area (TPSA) is 98.2 Å². The molecule has 3 aromatic heterocycles. The highest BCUT2D eigenvalue weighted by Crippen LogP contribution is 2.21. The second-order valence-electron chi connectivity index (χ2n) is 7.58. The number of nitrogens with zero attached hydrogens (tertiary/aromatic N) is 4. The Kier molecular flexibility index (Phi) is 6.05. The maximum atomic E-state index is 12.6. The first kappa shape index (κ1) is 21.7. The van der Waals surface area contributed by atoms with Gasteiger partial charge in [0.25, 0.3) is 0 Å². The highest BCUT2D eigenvalue weighted by atomic mass is 35.5. The van der Waals surface area contributed by atoms with Crippen molar-refractivity contribution in [2.45, 2.75) is 39.3 Å². The standard InChI is InChI=1S/C21H21ClN6O.CH4/c1-21(2,23)20(29)25-17(19-27-26-18-10-8-14(22)12-28(18)19)11-15-9-7-13-5-3-4-6-16(13)24-15;/h3-10,12,17H,11,23H2,1-2H3,(H,25,29);1H4/t17-;/m1./s1. The Hall–Kier alpha value is -3.03. The molecule has 0 spiro atoms. The number of amides is 1. The van der Waals surface area contributed by atoms with E-state index in [0.717, 1.165) is 16.6 Å². The number of carbonyl (C=O) groups is 1. The third-order valence-electron chi connectivity index (χ3n) is 4.66. The monoisotopic (exact) mass is 424 g/mol. The van der Waals surface area contributed by atoms with Crippen LogP contribution in [-0.4, -0.2) is 31.0 Å². The smallest absolute Gasteiger partial charge is 0.240 e. The molecule has 4 aromatic rings. The maximum Gasteiger partial charge on any atom is 0.240 e. The first-order valence-corrected chi connectivity index (χ1v) is 9.64. The molecule has 0 fully saturated rings. The fourth-order valence-electron chi connectivity index (χ4n) is 3.10. The lowest BCUT2D eigenvalue weighted by atomic mass is 10.0. The average molecular weight is 425 g/mol. The Morgan fingerprint density at radius 1 is 1.17 bits per heavy atom. The number of hydrogen-bond acceptors (Lipinski definition) is 5. The molecule has 0 aliphatic heterocycles. The second-order valence-corrected chi connectivity index (χ2v) is 8.02. The lowest BCUT2D eigenvalue weighted by Gasteiger charge is -2.23. The van der Waals surface area contributed by atoms with Gasteiger partial charge in [-0.25, -0.2) is 0 Å². The summed E-state index contributed by atoms with van der Waals surface area (Å²) in [6.45, 7) is 3.32. The minimum atomic E-state index is -1.03. The third-order valence-corrected chi connectivity index (χ3v) is 4.89. The van der Waals surface area contributed by atoms with E-state index in [4.69, 9.17) is 22.3 Å². The summed E-state index contributed by atoms with van der Waals surface area (Å²) in [6, 6.07) is 14.9. The van der Waals surface area contributed by atoms with Crippen molar-refractivity contribution in [2.24, 2.45) is 5.73 Å². The number of rotatable bonds is 5. The van der Waals surface area contributed by atoms with Crippen LogP contribution in [0.5, 0.6) is 0 Å². The van der Waals surface area contributed by atoms with Crippen molar-refractivity contribution in [2.75, 3.05) is 0 Å². The van der Waals surface area contributed by atoms with Gasteiger partial charge in [0, 0.05) is 23.7 Å². The van der Waals surface area contributed by atoms with Crippen LogP contribution in [0, 0.1) is 0 Å². The van der Waals surface area contributed by atoms with Crippen LogP contribution in [0.4, 0.5) is 0 Å². The zero-order valence-electron chi connectivity index (χ0n) is 16.1. The molecule has 0 aliphatic carbocycles. The van der Waals surface area contributed by atoms with Crippen LogP contribution in [0.2, 0.25) is 5.02 Å². The lowest BCUT2D eigenvalue weighted by Crippen LogP contribution is -2.50. The normalized spacial score (nSPS) is 12.5. The van der Waals surface area contributed by atoms with E-state index in [9.17, 15) is 4.79 Å². The molecule has 1 aromatic carbocycles. The SMILES string of the molecule is C.CC(C)(N)C(=O)N[C@H](Cc1ccc2ccccc2n1)c1nnc2ccc(Cl)cn12. The lowest BCUT2D eigenvalue weighted by molar-refractivity contribution is -0.126. The number of carbonyl (C=O) groups excluding carboxylic acids is 1. The number of para-hydroxylation sites is 1. The minimum absolute atomic E-state index is 0. The molecule has 0 radical (unpaired) electrons. The van der Waals surface area contributed by atoms with E-state index in [2.05, 4.69) is 15.5 Å². The first-order valence-electron chi connectivity index (χ1n) is 9.26. The molecule has 3 heterocycles. The van der Waals surface area contributed by atoms with E-state index in [1.165, 1.54) is 0 Å². The van der Waals surface area contributed by atoms with Gasteiger partial charge in [0.05, 0.1) is 22.1 Å². The van der Waals surface area contributed by atoms with Crippen molar-refractivity contribution in [3.63, 3.8) is 0 Å².